The number of carbonyl (C=O) groups is 1. The molecule has 0 aromatic carbocycles. The molecule has 0 unspecified atom stereocenters. The quantitative estimate of drug-likeness (QED) is 0.571. The maximum Gasteiger partial charge on any atom is 0.275 e. The summed E-state index contributed by atoms with van der Waals surface area (Å²) in [6, 6.07) is 2.01. The van der Waals surface area contributed by atoms with Gasteiger partial charge in [-0.25, -0.2) is 0 Å². The van der Waals surface area contributed by atoms with E-state index < -0.39 is 0 Å². The van der Waals surface area contributed by atoms with Gasteiger partial charge in [-0.2, -0.15) is 0 Å². The first-order valence-corrected chi connectivity index (χ1v) is 7.89. The van der Waals surface area contributed by atoms with Crippen LogP contribution in [-0.2, 0) is 11.3 Å². The van der Waals surface area contributed by atoms with Crippen molar-refractivity contribution >= 4 is 5.91 Å². The fraction of sp³-hybridized carbons (Fsp3) is 0.733. The van der Waals surface area contributed by atoms with E-state index in [9.17, 15) is 4.79 Å². The maximum absolute atomic E-state index is 11.8. The number of aryl methyl sites for hydroxylation is 1. The molecule has 118 valence electrons. The van der Waals surface area contributed by atoms with Crippen LogP contribution in [0.15, 0.2) is 10.6 Å². The van der Waals surface area contributed by atoms with Gasteiger partial charge in [0.2, 0.25) is 0 Å². The van der Waals surface area contributed by atoms with Crippen LogP contribution in [0.2, 0.25) is 0 Å². The minimum atomic E-state index is 0.175. The first-order valence-electron chi connectivity index (χ1n) is 7.89. The number of quaternary nitrogens is 2. The van der Waals surface area contributed by atoms with Crippen molar-refractivity contribution in [3.05, 3.63) is 17.5 Å². The van der Waals surface area contributed by atoms with Crippen molar-refractivity contribution in [1.82, 2.24) is 10.5 Å². The van der Waals surface area contributed by atoms with Crippen LogP contribution in [0.1, 0.15) is 25.3 Å². The summed E-state index contributed by atoms with van der Waals surface area (Å²) in [6.07, 6.45) is 0. The summed E-state index contributed by atoms with van der Waals surface area (Å²) in [5.41, 5.74) is 1.03. The molecule has 1 aromatic heterocycles. The van der Waals surface area contributed by atoms with Crippen molar-refractivity contribution in [1.29, 1.82) is 0 Å². The van der Waals surface area contributed by atoms with Gasteiger partial charge in [0.05, 0.1) is 0 Å². The molecule has 0 aliphatic carbocycles. The van der Waals surface area contributed by atoms with Gasteiger partial charge < -0.3 is 19.6 Å². The summed E-state index contributed by atoms with van der Waals surface area (Å²) in [4.78, 5) is 14.7. The Morgan fingerprint density at radius 1 is 1.33 bits per heavy atom. The van der Waals surface area contributed by atoms with E-state index in [-0.39, 0.29) is 5.91 Å². The number of rotatable bonds is 6. The van der Waals surface area contributed by atoms with Gasteiger partial charge in [-0.05, 0) is 12.8 Å². The van der Waals surface area contributed by atoms with Crippen molar-refractivity contribution in [2.45, 2.75) is 27.3 Å². The standard InChI is InChI=1S/C15H26N4O2/c1-12(2)9-16-15(20)11-19-6-4-18(5-7-19)10-14-8-13(3)21-17-14/h8,12H,4-7,9-11H2,1-3H3,(H,16,20)/p+2. The Bertz CT molecular complexity index is 450. The molecule has 0 bridgehead atoms. The molecule has 1 amide bonds. The topological polar surface area (TPSA) is 64.0 Å². The lowest BCUT2D eigenvalue weighted by Crippen LogP contribution is -3.28. The highest BCUT2D eigenvalue weighted by Crippen LogP contribution is 1.98. The first-order chi connectivity index (χ1) is 10.0. The highest BCUT2D eigenvalue weighted by Gasteiger charge is 2.25. The van der Waals surface area contributed by atoms with Gasteiger partial charge in [0, 0.05) is 12.6 Å². The van der Waals surface area contributed by atoms with Crippen LogP contribution in [0.3, 0.4) is 0 Å². The lowest BCUT2D eigenvalue weighted by atomic mass is 10.2. The van der Waals surface area contributed by atoms with E-state index in [1.807, 2.05) is 13.0 Å². The fourth-order valence-electron chi connectivity index (χ4n) is 2.68. The second kappa shape index (κ2) is 7.56. The summed E-state index contributed by atoms with van der Waals surface area (Å²) in [6.45, 7) is 12.7. The molecular weight excluding hydrogens is 268 g/mol. The molecule has 2 rings (SSSR count). The molecule has 1 aliphatic heterocycles. The second-order valence-corrected chi connectivity index (χ2v) is 6.48. The number of aromatic nitrogens is 1. The first kappa shape index (κ1) is 16.0. The third kappa shape index (κ3) is 5.47. The van der Waals surface area contributed by atoms with Crippen molar-refractivity contribution in [2.75, 3.05) is 39.3 Å². The van der Waals surface area contributed by atoms with Crippen LogP contribution in [0, 0.1) is 12.8 Å². The Hall–Kier alpha value is -1.40. The Morgan fingerprint density at radius 3 is 2.57 bits per heavy atom. The van der Waals surface area contributed by atoms with E-state index in [0.29, 0.717) is 12.5 Å². The van der Waals surface area contributed by atoms with Gasteiger partial charge in [-0.15, -0.1) is 0 Å². The minimum absolute atomic E-state index is 0.175. The Labute approximate surface area is 126 Å². The molecule has 0 atom stereocenters. The number of carbonyl (C=O) groups excluding carboxylic acids is 1. The van der Waals surface area contributed by atoms with Crippen LogP contribution in [0.25, 0.3) is 0 Å². The third-order valence-corrected chi connectivity index (χ3v) is 3.89. The molecule has 1 saturated heterocycles. The van der Waals surface area contributed by atoms with Crippen molar-refractivity contribution < 1.29 is 19.1 Å². The monoisotopic (exact) mass is 296 g/mol. The zero-order valence-corrected chi connectivity index (χ0v) is 13.4. The van der Waals surface area contributed by atoms with E-state index in [4.69, 9.17) is 4.52 Å². The maximum atomic E-state index is 11.8. The number of nitrogens with zero attached hydrogens (tertiary/aromatic N) is 1. The van der Waals surface area contributed by atoms with Gasteiger partial charge in [-0.1, -0.05) is 19.0 Å². The number of hydrogen-bond donors (Lipinski definition) is 3. The molecule has 2 heterocycles. The van der Waals surface area contributed by atoms with E-state index in [1.54, 1.807) is 0 Å². The molecule has 0 saturated carbocycles. The number of hydrogen-bond acceptors (Lipinski definition) is 3. The lowest BCUT2D eigenvalue weighted by Gasteiger charge is -2.28. The Kier molecular flexibility index (Phi) is 5.76. The molecule has 1 aliphatic rings. The van der Waals surface area contributed by atoms with Crippen LogP contribution in [0.5, 0.6) is 0 Å². The van der Waals surface area contributed by atoms with Crippen LogP contribution < -0.4 is 15.1 Å². The largest absolute Gasteiger partial charge is 0.361 e. The smallest absolute Gasteiger partial charge is 0.275 e. The van der Waals surface area contributed by atoms with Crippen LogP contribution in [-0.4, -0.2) is 50.3 Å². The normalized spacial score (nSPS) is 22.5. The fourth-order valence-corrected chi connectivity index (χ4v) is 2.68. The summed E-state index contributed by atoms with van der Waals surface area (Å²) in [5, 5.41) is 7.05. The van der Waals surface area contributed by atoms with Crippen molar-refractivity contribution in [2.24, 2.45) is 5.92 Å². The predicted octanol–water partition coefficient (Wildman–Crippen LogP) is -1.96. The average Bonchev–Trinajstić information content (AvgIpc) is 2.84. The molecule has 3 N–H and O–H groups in total. The van der Waals surface area contributed by atoms with Crippen LogP contribution in [0.4, 0.5) is 0 Å². The van der Waals surface area contributed by atoms with E-state index >= 15 is 0 Å². The van der Waals surface area contributed by atoms with Gasteiger partial charge >= 0.3 is 0 Å². The zero-order chi connectivity index (χ0) is 15.2. The highest BCUT2D eigenvalue weighted by molar-refractivity contribution is 5.76. The summed E-state index contributed by atoms with van der Waals surface area (Å²) in [5.74, 6) is 1.56. The average molecular weight is 296 g/mol. The predicted molar refractivity (Wildman–Crippen MR) is 79.1 cm³/mol. The highest BCUT2D eigenvalue weighted by atomic mass is 16.5. The molecule has 1 fully saturated rings. The van der Waals surface area contributed by atoms with E-state index in [2.05, 4.69) is 24.3 Å². The summed E-state index contributed by atoms with van der Waals surface area (Å²) in [7, 11) is 0. The SMILES string of the molecule is Cc1cc(C[NH+]2CC[NH+](CC(=O)NCC(C)C)CC2)no1. The van der Waals surface area contributed by atoms with Gasteiger partial charge in [0.1, 0.15) is 44.2 Å². The van der Waals surface area contributed by atoms with Crippen LogP contribution >= 0.6 is 0 Å². The molecular formula is C15H28N4O2+2. The molecule has 1 aromatic rings. The number of nitrogens with one attached hydrogen (secondary N) is 3. The third-order valence-electron chi connectivity index (χ3n) is 3.89. The van der Waals surface area contributed by atoms with Crippen molar-refractivity contribution in [3.63, 3.8) is 0 Å². The van der Waals surface area contributed by atoms with E-state index in [0.717, 1.165) is 50.7 Å². The molecule has 0 spiro atoms. The molecule has 6 heteroatoms. The second-order valence-electron chi connectivity index (χ2n) is 6.48. The van der Waals surface area contributed by atoms with Gasteiger partial charge in [-0.3, -0.25) is 4.79 Å². The van der Waals surface area contributed by atoms with E-state index in [1.165, 1.54) is 9.80 Å². The summed E-state index contributed by atoms with van der Waals surface area (Å²) < 4.78 is 5.10. The number of amides is 1. The zero-order valence-electron chi connectivity index (χ0n) is 13.4. The Balaban J connectivity index is 1.67. The molecule has 0 radical (unpaired) electrons. The molecule has 6 nitrogen and oxygen atoms in total. The number of piperazine rings is 1. The van der Waals surface area contributed by atoms with Gasteiger partial charge in [0.25, 0.3) is 5.91 Å². The molecule has 21 heavy (non-hydrogen) atoms. The minimum Gasteiger partial charge on any atom is -0.361 e. The Morgan fingerprint density at radius 2 is 2.00 bits per heavy atom. The lowest BCUT2D eigenvalue weighted by molar-refractivity contribution is -1.02. The summed E-state index contributed by atoms with van der Waals surface area (Å²) >= 11 is 0. The van der Waals surface area contributed by atoms with Crippen molar-refractivity contribution in [3.8, 4) is 0 Å². The van der Waals surface area contributed by atoms with Gasteiger partial charge in [0.15, 0.2) is 6.54 Å².